The minimum atomic E-state index is -0.754. The molecule has 5 nitrogen and oxygen atoms in total. The van der Waals surface area contributed by atoms with Crippen molar-refractivity contribution in [3.63, 3.8) is 0 Å². The summed E-state index contributed by atoms with van der Waals surface area (Å²) in [5.74, 6) is -0.128. The fourth-order valence-corrected chi connectivity index (χ4v) is 3.73. The zero-order chi connectivity index (χ0) is 20.9. The van der Waals surface area contributed by atoms with Crippen LogP contribution in [0.1, 0.15) is 28.3 Å². The summed E-state index contributed by atoms with van der Waals surface area (Å²) in [5.41, 5.74) is 5.01. The third-order valence-electron chi connectivity index (χ3n) is 5.38. The van der Waals surface area contributed by atoms with Crippen molar-refractivity contribution in [3.05, 3.63) is 101 Å². The van der Waals surface area contributed by atoms with Gasteiger partial charge in [0, 0.05) is 18.8 Å². The topological polar surface area (TPSA) is 61.4 Å². The molecule has 0 bridgehead atoms. The molecule has 1 aliphatic heterocycles. The first-order valence-electron chi connectivity index (χ1n) is 10.2. The fraction of sp³-hybridized carbons (Fsp3) is 0.200. The summed E-state index contributed by atoms with van der Waals surface area (Å²) in [7, 11) is 0. The van der Waals surface area contributed by atoms with E-state index in [0.717, 1.165) is 28.8 Å². The van der Waals surface area contributed by atoms with Gasteiger partial charge < -0.3 is 15.5 Å². The summed E-state index contributed by atoms with van der Waals surface area (Å²) < 4.78 is 0. The molecule has 3 aromatic rings. The van der Waals surface area contributed by atoms with E-state index in [0.29, 0.717) is 13.1 Å². The lowest BCUT2D eigenvalue weighted by Crippen LogP contribution is -2.45. The first kappa shape index (κ1) is 19.7. The van der Waals surface area contributed by atoms with Gasteiger partial charge in [-0.15, -0.1) is 0 Å². The van der Waals surface area contributed by atoms with E-state index >= 15 is 0 Å². The highest BCUT2D eigenvalue weighted by Gasteiger charge is 2.32. The number of fused-ring (bicyclic) bond motifs is 1. The van der Waals surface area contributed by atoms with Crippen molar-refractivity contribution in [2.75, 3.05) is 11.4 Å². The Hall–Kier alpha value is -3.60. The third kappa shape index (κ3) is 4.35. The maximum Gasteiger partial charge on any atom is 0.315 e. The molecule has 4 rings (SSSR count). The van der Waals surface area contributed by atoms with Gasteiger partial charge in [0.2, 0.25) is 0 Å². The molecule has 3 amide bonds. The van der Waals surface area contributed by atoms with Crippen molar-refractivity contribution < 1.29 is 9.59 Å². The van der Waals surface area contributed by atoms with Gasteiger partial charge in [0.1, 0.15) is 6.04 Å². The van der Waals surface area contributed by atoms with Crippen molar-refractivity contribution in [1.82, 2.24) is 10.6 Å². The second kappa shape index (κ2) is 8.82. The Morgan fingerprint density at radius 1 is 0.933 bits per heavy atom. The van der Waals surface area contributed by atoms with Crippen molar-refractivity contribution >= 4 is 17.6 Å². The molecule has 0 aromatic heterocycles. The Kier molecular flexibility index (Phi) is 5.80. The molecule has 2 N–H and O–H groups in total. The summed E-state index contributed by atoms with van der Waals surface area (Å²) in [6.07, 6.45) is 0.822. The molecule has 1 heterocycles. The van der Waals surface area contributed by atoms with Crippen molar-refractivity contribution in [1.29, 1.82) is 0 Å². The van der Waals surface area contributed by atoms with E-state index in [1.807, 2.05) is 85.8 Å². The molecule has 152 valence electrons. The van der Waals surface area contributed by atoms with Crippen molar-refractivity contribution in [3.8, 4) is 0 Å². The number of carbonyl (C=O) groups is 2. The van der Waals surface area contributed by atoms with E-state index in [-0.39, 0.29) is 11.9 Å². The Labute approximate surface area is 176 Å². The van der Waals surface area contributed by atoms with E-state index in [4.69, 9.17) is 0 Å². The average molecular weight is 399 g/mol. The first-order chi connectivity index (χ1) is 14.6. The van der Waals surface area contributed by atoms with Crippen LogP contribution in [0.25, 0.3) is 0 Å². The number of benzene rings is 3. The van der Waals surface area contributed by atoms with Gasteiger partial charge in [0.15, 0.2) is 0 Å². The number of hydrogen-bond donors (Lipinski definition) is 2. The van der Waals surface area contributed by atoms with Gasteiger partial charge in [-0.1, -0.05) is 78.4 Å². The SMILES string of the molecule is Cc1ccc(CNC(=O)NC(C(=O)N2CCc3ccccc32)c2ccccc2)cc1. The molecule has 1 aliphatic rings. The molecular weight excluding hydrogens is 374 g/mol. The van der Waals surface area contributed by atoms with E-state index in [2.05, 4.69) is 10.6 Å². The molecule has 0 aliphatic carbocycles. The van der Waals surface area contributed by atoms with E-state index < -0.39 is 6.04 Å². The highest BCUT2D eigenvalue weighted by Crippen LogP contribution is 2.30. The number of carbonyl (C=O) groups excluding carboxylic acids is 2. The van der Waals surface area contributed by atoms with E-state index in [1.54, 1.807) is 4.90 Å². The number of anilines is 1. The number of amides is 3. The van der Waals surface area contributed by atoms with Gasteiger partial charge in [-0.3, -0.25) is 4.79 Å². The van der Waals surface area contributed by atoms with Crippen LogP contribution in [0.15, 0.2) is 78.9 Å². The molecular formula is C25H25N3O2. The number of urea groups is 1. The Morgan fingerprint density at radius 2 is 1.63 bits per heavy atom. The average Bonchev–Trinajstić information content (AvgIpc) is 3.21. The van der Waals surface area contributed by atoms with Gasteiger partial charge in [-0.2, -0.15) is 0 Å². The predicted molar refractivity (Wildman–Crippen MR) is 118 cm³/mol. The van der Waals surface area contributed by atoms with Gasteiger partial charge in [-0.25, -0.2) is 4.79 Å². The monoisotopic (exact) mass is 399 g/mol. The van der Waals surface area contributed by atoms with Crippen LogP contribution in [0.5, 0.6) is 0 Å². The standard InChI is InChI=1S/C25H25N3O2/c1-18-11-13-19(14-12-18)17-26-25(30)27-23(21-8-3-2-4-9-21)24(29)28-16-15-20-7-5-6-10-22(20)28/h2-14,23H,15-17H2,1H3,(H2,26,27,30). The maximum atomic E-state index is 13.4. The number of nitrogens with zero attached hydrogens (tertiary/aromatic N) is 1. The maximum absolute atomic E-state index is 13.4. The molecule has 0 fully saturated rings. The molecule has 1 unspecified atom stereocenters. The number of nitrogens with one attached hydrogen (secondary N) is 2. The fourth-order valence-electron chi connectivity index (χ4n) is 3.73. The second-order valence-corrected chi connectivity index (χ2v) is 7.52. The lowest BCUT2D eigenvalue weighted by Gasteiger charge is -2.25. The molecule has 30 heavy (non-hydrogen) atoms. The molecule has 3 aromatic carbocycles. The van der Waals surface area contributed by atoms with Crippen molar-refractivity contribution in [2.24, 2.45) is 0 Å². The second-order valence-electron chi connectivity index (χ2n) is 7.52. The lowest BCUT2D eigenvalue weighted by atomic mass is 10.1. The smallest absolute Gasteiger partial charge is 0.315 e. The minimum Gasteiger partial charge on any atom is -0.334 e. The Balaban J connectivity index is 1.50. The Morgan fingerprint density at radius 3 is 2.40 bits per heavy atom. The summed E-state index contributed by atoms with van der Waals surface area (Å²) >= 11 is 0. The lowest BCUT2D eigenvalue weighted by molar-refractivity contribution is -0.120. The molecule has 1 atom stereocenters. The zero-order valence-electron chi connectivity index (χ0n) is 17.0. The van der Waals surface area contributed by atoms with Crippen LogP contribution in [0.2, 0.25) is 0 Å². The van der Waals surface area contributed by atoms with Crippen LogP contribution in [0.3, 0.4) is 0 Å². The van der Waals surface area contributed by atoms with Crippen LogP contribution in [-0.4, -0.2) is 18.5 Å². The highest BCUT2D eigenvalue weighted by molar-refractivity contribution is 6.01. The quantitative estimate of drug-likeness (QED) is 0.678. The molecule has 0 saturated carbocycles. The third-order valence-corrected chi connectivity index (χ3v) is 5.38. The van der Waals surface area contributed by atoms with Gasteiger partial charge in [0.05, 0.1) is 0 Å². The number of rotatable bonds is 5. The van der Waals surface area contributed by atoms with Crippen LogP contribution < -0.4 is 15.5 Å². The van der Waals surface area contributed by atoms with E-state index in [9.17, 15) is 9.59 Å². The highest BCUT2D eigenvalue weighted by atomic mass is 16.2. The normalized spacial score (nSPS) is 13.4. The number of aryl methyl sites for hydroxylation is 1. The van der Waals surface area contributed by atoms with Crippen LogP contribution in [0.4, 0.5) is 10.5 Å². The molecule has 0 saturated heterocycles. The minimum absolute atomic E-state index is 0.128. The van der Waals surface area contributed by atoms with Gasteiger partial charge >= 0.3 is 6.03 Å². The number of hydrogen-bond acceptors (Lipinski definition) is 2. The van der Waals surface area contributed by atoms with Crippen LogP contribution in [0, 0.1) is 6.92 Å². The van der Waals surface area contributed by atoms with Crippen molar-refractivity contribution in [2.45, 2.75) is 25.9 Å². The first-order valence-corrected chi connectivity index (χ1v) is 10.2. The van der Waals surface area contributed by atoms with Crippen LogP contribution >= 0.6 is 0 Å². The number of para-hydroxylation sites is 1. The molecule has 0 radical (unpaired) electrons. The van der Waals surface area contributed by atoms with Crippen LogP contribution in [-0.2, 0) is 17.8 Å². The molecule has 5 heteroatoms. The van der Waals surface area contributed by atoms with Gasteiger partial charge in [-0.05, 0) is 36.1 Å². The summed E-state index contributed by atoms with van der Waals surface area (Å²) in [6, 6.07) is 24.2. The summed E-state index contributed by atoms with van der Waals surface area (Å²) in [4.78, 5) is 27.8. The Bertz CT molecular complexity index is 1030. The largest absolute Gasteiger partial charge is 0.334 e. The van der Waals surface area contributed by atoms with Gasteiger partial charge in [0.25, 0.3) is 5.91 Å². The summed E-state index contributed by atoms with van der Waals surface area (Å²) in [5, 5.41) is 5.74. The zero-order valence-corrected chi connectivity index (χ0v) is 17.0. The van der Waals surface area contributed by atoms with E-state index in [1.165, 1.54) is 5.56 Å². The predicted octanol–water partition coefficient (Wildman–Crippen LogP) is 4.12. The molecule has 0 spiro atoms. The summed E-state index contributed by atoms with van der Waals surface area (Å²) in [6.45, 7) is 3.04.